The zero-order chi connectivity index (χ0) is 13.5. The number of nitrogens with zero attached hydrogens (tertiary/aromatic N) is 2. The van der Waals surface area contributed by atoms with Crippen LogP contribution in [0, 0.1) is 0 Å². The molecular weight excluding hydrogens is 234 g/mol. The Morgan fingerprint density at radius 1 is 1.67 bits per heavy atom. The average Bonchev–Trinajstić information content (AvgIpc) is 2.66. The van der Waals surface area contributed by atoms with E-state index >= 15 is 0 Å². The standard InChI is InChI=1S/C12H19N3O3/c1-3-11-9(7-15(2)14-11)6-10(13-8-16)4-5-12(17)18/h7-8,10H,3-6H2,1-2H3,(H,13,16)(H,17,18). The van der Waals surface area contributed by atoms with Crippen molar-refractivity contribution < 1.29 is 14.7 Å². The van der Waals surface area contributed by atoms with Gasteiger partial charge in [0, 0.05) is 25.7 Å². The quantitative estimate of drug-likeness (QED) is 0.661. The minimum absolute atomic E-state index is 0.0488. The van der Waals surface area contributed by atoms with Gasteiger partial charge in [-0.2, -0.15) is 5.10 Å². The SMILES string of the molecule is CCc1nn(C)cc1CC(CCC(=O)O)NC=O. The lowest BCUT2D eigenvalue weighted by Crippen LogP contribution is -2.30. The molecule has 1 atom stereocenters. The summed E-state index contributed by atoms with van der Waals surface area (Å²) in [6.07, 6.45) is 4.44. The van der Waals surface area contributed by atoms with E-state index in [1.54, 1.807) is 4.68 Å². The number of carbonyl (C=O) groups excluding carboxylic acids is 1. The number of rotatable bonds is 8. The summed E-state index contributed by atoms with van der Waals surface area (Å²) in [5, 5.41) is 15.7. The predicted molar refractivity (Wildman–Crippen MR) is 66.1 cm³/mol. The zero-order valence-corrected chi connectivity index (χ0v) is 10.7. The highest BCUT2D eigenvalue weighted by atomic mass is 16.4. The van der Waals surface area contributed by atoms with E-state index in [1.807, 2.05) is 20.2 Å². The maximum Gasteiger partial charge on any atom is 0.303 e. The van der Waals surface area contributed by atoms with Gasteiger partial charge in [0.05, 0.1) is 5.69 Å². The molecule has 2 N–H and O–H groups in total. The van der Waals surface area contributed by atoms with Crippen LogP contribution in [0.2, 0.25) is 0 Å². The largest absolute Gasteiger partial charge is 0.481 e. The second kappa shape index (κ2) is 6.78. The molecule has 1 unspecified atom stereocenters. The Balaban J connectivity index is 2.69. The molecule has 1 heterocycles. The maximum absolute atomic E-state index is 10.6. The molecule has 0 fully saturated rings. The molecule has 0 radical (unpaired) electrons. The lowest BCUT2D eigenvalue weighted by molar-refractivity contribution is -0.137. The third kappa shape index (κ3) is 4.20. The summed E-state index contributed by atoms with van der Waals surface area (Å²) in [4.78, 5) is 21.1. The predicted octanol–water partition coefficient (Wildman–Crippen LogP) is 0.504. The van der Waals surface area contributed by atoms with Gasteiger partial charge in [0.25, 0.3) is 0 Å². The van der Waals surface area contributed by atoms with Gasteiger partial charge in [0.15, 0.2) is 0 Å². The van der Waals surface area contributed by atoms with Gasteiger partial charge in [-0.15, -0.1) is 0 Å². The first-order chi connectivity index (χ1) is 8.56. The molecule has 6 heteroatoms. The molecule has 0 spiro atoms. The molecular formula is C12H19N3O3. The summed E-state index contributed by atoms with van der Waals surface area (Å²) in [6.45, 7) is 2.02. The van der Waals surface area contributed by atoms with Gasteiger partial charge in [0.1, 0.15) is 0 Å². The third-order valence-electron chi connectivity index (χ3n) is 2.80. The Morgan fingerprint density at radius 3 is 2.94 bits per heavy atom. The van der Waals surface area contributed by atoms with Crippen molar-refractivity contribution in [3.05, 3.63) is 17.5 Å². The Labute approximate surface area is 106 Å². The molecule has 6 nitrogen and oxygen atoms in total. The van der Waals surface area contributed by atoms with Gasteiger partial charge in [-0.1, -0.05) is 6.92 Å². The normalized spacial score (nSPS) is 12.1. The fourth-order valence-corrected chi connectivity index (χ4v) is 1.96. The first kappa shape index (κ1) is 14.2. The summed E-state index contributed by atoms with van der Waals surface area (Å²) in [6, 6.07) is -0.159. The molecule has 1 aromatic rings. The van der Waals surface area contributed by atoms with Crippen molar-refractivity contribution in [1.82, 2.24) is 15.1 Å². The second-order valence-corrected chi connectivity index (χ2v) is 4.25. The number of aromatic nitrogens is 2. The van der Waals surface area contributed by atoms with Crippen LogP contribution in [0.15, 0.2) is 6.20 Å². The number of carboxylic acid groups (broad SMARTS) is 1. The maximum atomic E-state index is 10.6. The van der Waals surface area contributed by atoms with Crippen LogP contribution in [0.5, 0.6) is 0 Å². The van der Waals surface area contributed by atoms with Crippen LogP contribution in [-0.2, 0) is 29.5 Å². The van der Waals surface area contributed by atoms with Crippen LogP contribution in [0.4, 0.5) is 0 Å². The fourth-order valence-electron chi connectivity index (χ4n) is 1.96. The molecule has 0 bridgehead atoms. The van der Waals surface area contributed by atoms with Crippen molar-refractivity contribution in [1.29, 1.82) is 0 Å². The van der Waals surface area contributed by atoms with Crippen LogP contribution >= 0.6 is 0 Å². The van der Waals surface area contributed by atoms with E-state index in [-0.39, 0.29) is 12.5 Å². The second-order valence-electron chi connectivity index (χ2n) is 4.25. The van der Waals surface area contributed by atoms with Crippen molar-refractivity contribution in [2.75, 3.05) is 0 Å². The summed E-state index contributed by atoms with van der Waals surface area (Å²) in [5.41, 5.74) is 2.05. The van der Waals surface area contributed by atoms with Crippen LogP contribution in [-0.4, -0.2) is 33.3 Å². The molecule has 100 valence electrons. The van der Waals surface area contributed by atoms with E-state index in [1.165, 1.54) is 0 Å². The molecule has 0 saturated heterocycles. The average molecular weight is 253 g/mol. The van der Waals surface area contributed by atoms with Gasteiger partial charge in [-0.05, 0) is 24.8 Å². The Bertz CT molecular complexity index is 415. The lowest BCUT2D eigenvalue weighted by Gasteiger charge is -2.14. The van der Waals surface area contributed by atoms with E-state index in [0.717, 1.165) is 17.7 Å². The topological polar surface area (TPSA) is 84.2 Å². The number of hydrogen-bond donors (Lipinski definition) is 2. The first-order valence-electron chi connectivity index (χ1n) is 5.99. The van der Waals surface area contributed by atoms with Crippen LogP contribution < -0.4 is 5.32 Å². The fraction of sp³-hybridized carbons (Fsp3) is 0.583. The lowest BCUT2D eigenvalue weighted by atomic mass is 10.0. The van der Waals surface area contributed by atoms with E-state index in [4.69, 9.17) is 5.11 Å². The summed E-state index contributed by atoms with van der Waals surface area (Å²) in [7, 11) is 1.85. The van der Waals surface area contributed by atoms with Crippen LogP contribution in [0.3, 0.4) is 0 Å². The summed E-state index contributed by atoms with van der Waals surface area (Å²) in [5.74, 6) is -0.852. The molecule has 18 heavy (non-hydrogen) atoms. The van der Waals surface area contributed by atoms with Crippen LogP contribution in [0.25, 0.3) is 0 Å². The van der Waals surface area contributed by atoms with E-state index in [0.29, 0.717) is 19.3 Å². The van der Waals surface area contributed by atoms with E-state index < -0.39 is 5.97 Å². The van der Waals surface area contributed by atoms with Crippen molar-refractivity contribution in [2.24, 2.45) is 7.05 Å². The highest BCUT2D eigenvalue weighted by Gasteiger charge is 2.14. The zero-order valence-electron chi connectivity index (χ0n) is 10.7. The van der Waals surface area contributed by atoms with Gasteiger partial charge < -0.3 is 10.4 Å². The summed E-state index contributed by atoms with van der Waals surface area (Å²) >= 11 is 0. The van der Waals surface area contributed by atoms with Gasteiger partial charge in [0.2, 0.25) is 6.41 Å². The molecule has 0 aromatic carbocycles. The number of aliphatic carboxylic acids is 1. The number of carbonyl (C=O) groups is 2. The number of nitrogens with one attached hydrogen (secondary N) is 1. The minimum Gasteiger partial charge on any atom is -0.481 e. The van der Waals surface area contributed by atoms with Gasteiger partial charge >= 0.3 is 5.97 Å². The molecule has 1 rings (SSSR count). The highest BCUT2D eigenvalue weighted by molar-refractivity contribution is 5.66. The van der Waals surface area contributed by atoms with Crippen molar-refractivity contribution >= 4 is 12.4 Å². The first-order valence-corrected chi connectivity index (χ1v) is 5.99. The Kier molecular flexibility index (Phi) is 5.35. The van der Waals surface area contributed by atoms with Gasteiger partial charge in [-0.25, -0.2) is 0 Å². The van der Waals surface area contributed by atoms with Crippen molar-refractivity contribution in [3.8, 4) is 0 Å². The van der Waals surface area contributed by atoms with Crippen LogP contribution in [0.1, 0.15) is 31.0 Å². The van der Waals surface area contributed by atoms with E-state index in [2.05, 4.69) is 10.4 Å². The Morgan fingerprint density at radius 2 is 2.39 bits per heavy atom. The van der Waals surface area contributed by atoms with Gasteiger partial charge in [-0.3, -0.25) is 14.3 Å². The minimum atomic E-state index is -0.852. The number of amides is 1. The molecule has 1 amide bonds. The molecule has 0 aliphatic rings. The Hall–Kier alpha value is -1.85. The molecule has 1 aromatic heterocycles. The number of carboxylic acids is 1. The molecule has 0 aliphatic carbocycles. The molecule has 0 aliphatic heterocycles. The van der Waals surface area contributed by atoms with Crippen molar-refractivity contribution in [2.45, 2.75) is 38.6 Å². The number of hydrogen-bond acceptors (Lipinski definition) is 3. The highest BCUT2D eigenvalue weighted by Crippen LogP contribution is 2.12. The van der Waals surface area contributed by atoms with Crippen molar-refractivity contribution in [3.63, 3.8) is 0 Å². The summed E-state index contributed by atoms with van der Waals surface area (Å²) < 4.78 is 1.74. The smallest absolute Gasteiger partial charge is 0.303 e. The van der Waals surface area contributed by atoms with E-state index in [9.17, 15) is 9.59 Å². The number of aryl methyl sites for hydroxylation is 2. The third-order valence-corrected chi connectivity index (χ3v) is 2.80. The molecule has 0 saturated carbocycles. The monoisotopic (exact) mass is 253 g/mol.